The molecular weight excluding hydrogens is 312 g/mol. The first-order valence-electron chi connectivity index (χ1n) is 7.95. The molecule has 132 valence electrons. The summed E-state index contributed by atoms with van der Waals surface area (Å²) in [6.45, 7) is 4.29. The quantitative estimate of drug-likeness (QED) is 0.561. The Morgan fingerprint density at radius 1 is 1.21 bits per heavy atom. The molecule has 3 N–H and O–H groups in total. The van der Waals surface area contributed by atoms with E-state index in [9.17, 15) is 14.4 Å². The maximum Gasteiger partial charge on any atom is 0.308 e. The summed E-state index contributed by atoms with van der Waals surface area (Å²) in [4.78, 5) is 34.4. The molecule has 0 aromatic heterocycles. The highest BCUT2D eigenvalue weighted by Gasteiger charge is 2.13. The molecule has 0 spiro atoms. The minimum absolute atomic E-state index is 0.0995. The van der Waals surface area contributed by atoms with E-state index in [0.717, 1.165) is 0 Å². The number of hydrogen-bond donors (Lipinski definition) is 3. The van der Waals surface area contributed by atoms with Gasteiger partial charge < -0.3 is 20.5 Å². The lowest BCUT2D eigenvalue weighted by molar-refractivity contribution is -0.141. The first-order valence-corrected chi connectivity index (χ1v) is 7.95. The van der Waals surface area contributed by atoms with Crippen LogP contribution < -0.4 is 15.4 Å². The van der Waals surface area contributed by atoms with E-state index < -0.39 is 11.9 Å². The minimum Gasteiger partial charge on any atom is -0.493 e. The Kier molecular flexibility index (Phi) is 8.32. The number of carboxylic acids is 1. The van der Waals surface area contributed by atoms with Crippen LogP contribution in [0.5, 0.6) is 5.75 Å². The van der Waals surface area contributed by atoms with Crippen LogP contribution in [0.1, 0.15) is 37.0 Å². The van der Waals surface area contributed by atoms with E-state index in [2.05, 4.69) is 10.6 Å². The van der Waals surface area contributed by atoms with Gasteiger partial charge >= 0.3 is 5.97 Å². The van der Waals surface area contributed by atoms with Crippen LogP contribution in [0, 0.1) is 5.92 Å². The molecule has 0 aliphatic heterocycles. The number of carbonyl (C=O) groups excluding carboxylic acids is 2. The standard InChI is InChI=1S/C17H24N2O5/c1-3-24-14-8-5-4-7-13(14)16(21)18-10-6-9-15(20)19-11-12(2)17(22)23/h4-5,7-8,12H,3,6,9-11H2,1-2H3,(H,18,21)(H,19,20)(H,22,23). The number of benzene rings is 1. The van der Waals surface area contributed by atoms with E-state index in [1.54, 1.807) is 24.3 Å². The van der Waals surface area contributed by atoms with Crippen LogP contribution in [0.2, 0.25) is 0 Å². The lowest BCUT2D eigenvalue weighted by Gasteiger charge is -2.11. The fourth-order valence-corrected chi connectivity index (χ4v) is 1.92. The van der Waals surface area contributed by atoms with Gasteiger partial charge in [0.15, 0.2) is 0 Å². The molecule has 0 bridgehead atoms. The van der Waals surface area contributed by atoms with Crippen LogP contribution in [0.25, 0.3) is 0 Å². The fraction of sp³-hybridized carbons (Fsp3) is 0.471. The lowest BCUT2D eigenvalue weighted by Crippen LogP contribution is -2.32. The van der Waals surface area contributed by atoms with Gasteiger partial charge in [-0.3, -0.25) is 14.4 Å². The van der Waals surface area contributed by atoms with Crippen LogP contribution in [-0.2, 0) is 9.59 Å². The number of carbonyl (C=O) groups is 3. The summed E-state index contributed by atoms with van der Waals surface area (Å²) in [5, 5.41) is 14.0. The highest BCUT2D eigenvalue weighted by Crippen LogP contribution is 2.17. The third-order valence-corrected chi connectivity index (χ3v) is 3.32. The van der Waals surface area contributed by atoms with Crippen molar-refractivity contribution in [2.75, 3.05) is 19.7 Å². The Morgan fingerprint density at radius 3 is 2.58 bits per heavy atom. The molecule has 1 aromatic rings. The number of carboxylic acid groups (broad SMARTS) is 1. The highest BCUT2D eigenvalue weighted by atomic mass is 16.5. The van der Waals surface area contributed by atoms with Crippen molar-refractivity contribution in [2.45, 2.75) is 26.7 Å². The molecule has 1 aromatic carbocycles. The zero-order valence-electron chi connectivity index (χ0n) is 14.0. The van der Waals surface area contributed by atoms with Crippen molar-refractivity contribution in [1.82, 2.24) is 10.6 Å². The topological polar surface area (TPSA) is 105 Å². The summed E-state index contributed by atoms with van der Waals surface area (Å²) in [6, 6.07) is 6.97. The van der Waals surface area contributed by atoms with Gasteiger partial charge in [0.1, 0.15) is 5.75 Å². The molecule has 0 heterocycles. The van der Waals surface area contributed by atoms with Crippen molar-refractivity contribution >= 4 is 17.8 Å². The van der Waals surface area contributed by atoms with Crippen molar-refractivity contribution in [3.05, 3.63) is 29.8 Å². The van der Waals surface area contributed by atoms with Gasteiger partial charge in [0, 0.05) is 19.5 Å². The summed E-state index contributed by atoms with van der Waals surface area (Å²) in [5.74, 6) is -1.52. The Labute approximate surface area is 141 Å². The summed E-state index contributed by atoms with van der Waals surface area (Å²) < 4.78 is 5.40. The minimum atomic E-state index is -0.949. The number of nitrogens with one attached hydrogen (secondary N) is 2. The van der Waals surface area contributed by atoms with Crippen molar-refractivity contribution < 1.29 is 24.2 Å². The molecule has 0 fully saturated rings. The third-order valence-electron chi connectivity index (χ3n) is 3.32. The summed E-state index contributed by atoms with van der Waals surface area (Å²) in [6.07, 6.45) is 0.690. The van der Waals surface area contributed by atoms with Gasteiger partial charge in [0.05, 0.1) is 18.1 Å². The molecule has 7 nitrogen and oxygen atoms in total. The predicted molar refractivity (Wildman–Crippen MR) is 89.0 cm³/mol. The summed E-state index contributed by atoms with van der Waals surface area (Å²) in [7, 11) is 0. The Hall–Kier alpha value is -2.57. The maximum absolute atomic E-state index is 12.1. The molecule has 1 rings (SSSR count). The molecular formula is C17H24N2O5. The van der Waals surface area contributed by atoms with Crippen LogP contribution in [-0.4, -0.2) is 42.6 Å². The molecule has 7 heteroatoms. The average molecular weight is 336 g/mol. The Bertz CT molecular complexity index is 574. The van der Waals surface area contributed by atoms with E-state index in [0.29, 0.717) is 30.9 Å². The number of hydrogen-bond acceptors (Lipinski definition) is 4. The zero-order chi connectivity index (χ0) is 17.9. The molecule has 1 unspecified atom stereocenters. The van der Waals surface area contributed by atoms with Crippen LogP contribution in [0.3, 0.4) is 0 Å². The second-order valence-electron chi connectivity index (χ2n) is 5.33. The third kappa shape index (κ3) is 6.68. The molecule has 1 atom stereocenters. The largest absolute Gasteiger partial charge is 0.493 e. The average Bonchev–Trinajstić information content (AvgIpc) is 2.57. The van der Waals surface area contributed by atoms with E-state index in [1.165, 1.54) is 6.92 Å². The SMILES string of the molecule is CCOc1ccccc1C(=O)NCCCC(=O)NCC(C)C(=O)O. The molecule has 0 aliphatic rings. The van der Waals surface area contributed by atoms with E-state index >= 15 is 0 Å². The molecule has 24 heavy (non-hydrogen) atoms. The monoisotopic (exact) mass is 336 g/mol. The second kappa shape index (κ2) is 10.3. The van der Waals surface area contributed by atoms with Crippen molar-refractivity contribution in [1.29, 1.82) is 0 Å². The zero-order valence-corrected chi connectivity index (χ0v) is 14.0. The number of para-hydroxylation sites is 1. The van der Waals surface area contributed by atoms with E-state index in [-0.39, 0.29) is 24.8 Å². The van der Waals surface area contributed by atoms with Gasteiger partial charge in [-0.25, -0.2) is 0 Å². The molecule has 0 aliphatic carbocycles. The highest BCUT2D eigenvalue weighted by molar-refractivity contribution is 5.96. The van der Waals surface area contributed by atoms with Gasteiger partial charge in [-0.1, -0.05) is 19.1 Å². The number of amides is 2. The Morgan fingerprint density at radius 2 is 1.92 bits per heavy atom. The van der Waals surface area contributed by atoms with Gasteiger partial charge in [-0.05, 0) is 25.5 Å². The van der Waals surface area contributed by atoms with Crippen LogP contribution in [0.4, 0.5) is 0 Å². The van der Waals surface area contributed by atoms with Gasteiger partial charge in [0.25, 0.3) is 5.91 Å². The smallest absolute Gasteiger partial charge is 0.308 e. The second-order valence-corrected chi connectivity index (χ2v) is 5.33. The van der Waals surface area contributed by atoms with Gasteiger partial charge in [0.2, 0.25) is 5.91 Å². The molecule has 0 radical (unpaired) electrons. The first-order chi connectivity index (χ1) is 11.5. The van der Waals surface area contributed by atoms with Crippen molar-refractivity contribution in [2.24, 2.45) is 5.92 Å². The van der Waals surface area contributed by atoms with Gasteiger partial charge in [-0.2, -0.15) is 0 Å². The van der Waals surface area contributed by atoms with Crippen LogP contribution in [0.15, 0.2) is 24.3 Å². The summed E-state index contributed by atoms with van der Waals surface area (Å²) in [5.41, 5.74) is 0.457. The number of ether oxygens (including phenoxy) is 1. The predicted octanol–water partition coefficient (Wildman–Crippen LogP) is 1.43. The molecule has 0 saturated heterocycles. The molecule has 0 saturated carbocycles. The fourth-order valence-electron chi connectivity index (χ4n) is 1.92. The number of rotatable bonds is 10. The normalized spacial score (nSPS) is 11.4. The van der Waals surface area contributed by atoms with Gasteiger partial charge in [-0.15, -0.1) is 0 Å². The number of aliphatic carboxylic acids is 1. The van der Waals surface area contributed by atoms with E-state index in [1.807, 2.05) is 6.92 Å². The van der Waals surface area contributed by atoms with Crippen molar-refractivity contribution in [3.63, 3.8) is 0 Å². The Balaban J connectivity index is 2.31. The van der Waals surface area contributed by atoms with Crippen LogP contribution >= 0.6 is 0 Å². The first kappa shape index (κ1) is 19.5. The lowest BCUT2D eigenvalue weighted by atomic mass is 10.1. The maximum atomic E-state index is 12.1. The molecule has 2 amide bonds. The van der Waals surface area contributed by atoms with E-state index in [4.69, 9.17) is 9.84 Å². The van der Waals surface area contributed by atoms with Crippen molar-refractivity contribution in [3.8, 4) is 5.75 Å². The summed E-state index contributed by atoms with van der Waals surface area (Å²) >= 11 is 0.